The van der Waals surface area contributed by atoms with E-state index in [1.165, 1.54) is 15.8 Å². The number of carbonyl (C=O) groups excluding carboxylic acids is 1. The Kier molecular flexibility index (Phi) is 3.75. The van der Waals surface area contributed by atoms with Crippen LogP contribution < -0.4 is 0 Å². The van der Waals surface area contributed by atoms with Crippen molar-refractivity contribution in [3.8, 4) is 0 Å². The molecule has 0 atom stereocenters. The predicted molar refractivity (Wildman–Crippen MR) is 66.9 cm³/mol. The number of carbonyl (C=O) groups is 2. The molecule has 20 heavy (non-hydrogen) atoms. The zero-order valence-corrected chi connectivity index (χ0v) is 11.6. The van der Waals surface area contributed by atoms with Gasteiger partial charge in [0.1, 0.15) is 9.84 Å². The number of hydrogen-bond acceptors (Lipinski definition) is 6. The number of nitrogens with zero attached hydrogens (tertiary/aromatic N) is 4. The molecule has 1 saturated heterocycles. The maximum absolute atomic E-state index is 11.7. The van der Waals surface area contributed by atoms with Crippen molar-refractivity contribution in [1.29, 1.82) is 0 Å². The van der Waals surface area contributed by atoms with E-state index in [0.29, 0.717) is 13.1 Å². The van der Waals surface area contributed by atoms with E-state index in [1.54, 1.807) is 0 Å². The highest BCUT2D eigenvalue weighted by atomic mass is 32.2. The lowest BCUT2D eigenvalue weighted by Crippen LogP contribution is -2.51. The Morgan fingerprint density at radius 2 is 2.10 bits per heavy atom. The fourth-order valence-corrected chi connectivity index (χ4v) is 2.36. The lowest BCUT2D eigenvalue weighted by Gasteiger charge is -2.38. The van der Waals surface area contributed by atoms with E-state index in [4.69, 9.17) is 5.11 Å². The molecule has 0 aliphatic carbocycles. The second-order valence-corrected chi connectivity index (χ2v) is 6.98. The molecule has 1 fully saturated rings. The van der Waals surface area contributed by atoms with Crippen LogP contribution in [0.3, 0.4) is 0 Å². The lowest BCUT2D eigenvalue weighted by atomic mass is 10.1. The molecule has 1 N–H and O–H groups in total. The minimum Gasteiger partial charge on any atom is -0.476 e. The van der Waals surface area contributed by atoms with Crippen molar-refractivity contribution in [2.75, 3.05) is 25.1 Å². The molecule has 9 nitrogen and oxygen atoms in total. The van der Waals surface area contributed by atoms with Gasteiger partial charge in [0.15, 0.2) is 5.69 Å². The van der Waals surface area contributed by atoms with Crippen LogP contribution in [0.5, 0.6) is 0 Å². The summed E-state index contributed by atoms with van der Waals surface area (Å²) >= 11 is 0. The topological polar surface area (TPSA) is 122 Å². The third-order valence-corrected chi connectivity index (χ3v) is 3.95. The van der Waals surface area contributed by atoms with E-state index in [0.717, 1.165) is 6.26 Å². The molecule has 10 heteroatoms. The molecule has 1 aliphatic heterocycles. The van der Waals surface area contributed by atoms with Gasteiger partial charge in [-0.3, -0.25) is 4.79 Å². The Hall–Kier alpha value is -1.97. The van der Waals surface area contributed by atoms with Gasteiger partial charge in [-0.05, 0) is 0 Å². The summed E-state index contributed by atoms with van der Waals surface area (Å²) in [5, 5.41) is 15.9. The van der Waals surface area contributed by atoms with Crippen LogP contribution in [-0.2, 0) is 14.6 Å². The fraction of sp³-hybridized carbons (Fsp3) is 0.600. The molecular weight excluding hydrogens is 288 g/mol. The summed E-state index contributed by atoms with van der Waals surface area (Å²) < 4.78 is 23.3. The van der Waals surface area contributed by atoms with Gasteiger partial charge >= 0.3 is 5.97 Å². The number of sulfone groups is 1. The number of carboxylic acid groups (broad SMARTS) is 1. The molecule has 0 unspecified atom stereocenters. The number of carboxylic acids is 1. The van der Waals surface area contributed by atoms with Crippen LogP contribution in [0.25, 0.3) is 0 Å². The van der Waals surface area contributed by atoms with Crippen molar-refractivity contribution >= 4 is 21.7 Å². The van der Waals surface area contributed by atoms with Crippen molar-refractivity contribution < 1.29 is 23.1 Å². The van der Waals surface area contributed by atoms with Gasteiger partial charge in [0, 0.05) is 25.8 Å². The van der Waals surface area contributed by atoms with Crippen LogP contribution in [0.2, 0.25) is 0 Å². The first-order valence-corrected chi connectivity index (χ1v) is 7.93. The standard InChI is InChI=1S/C10H14N4O5S/c1-20(18,19)3-2-9(15)13-4-7(5-13)14-6-8(10(16)17)11-12-14/h6-7H,2-5H2,1H3,(H,16,17). The monoisotopic (exact) mass is 302 g/mol. The summed E-state index contributed by atoms with van der Waals surface area (Å²) in [4.78, 5) is 23.9. The van der Waals surface area contributed by atoms with Gasteiger partial charge in [0.2, 0.25) is 5.91 Å². The van der Waals surface area contributed by atoms with Crippen molar-refractivity contribution in [3.05, 3.63) is 11.9 Å². The van der Waals surface area contributed by atoms with Crippen LogP contribution in [0.4, 0.5) is 0 Å². The smallest absolute Gasteiger partial charge is 0.358 e. The first-order chi connectivity index (χ1) is 9.26. The van der Waals surface area contributed by atoms with Crippen LogP contribution in [0.1, 0.15) is 23.0 Å². The van der Waals surface area contributed by atoms with Gasteiger partial charge in [-0.1, -0.05) is 5.21 Å². The van der Waals surface area contributed by atoms with Crippen LogP contribution in [-0.4, -0.2) is 70.4 Å². The van der Waals surface area contributed by atoms with E-state index < -0.39 is 15.8 Å². The fourth-order valence-electron chi connectivity index (χ4n) is 1.81. The number of aromatic nitrogens is 3. The van der Waals surface area contributed by atoms with E-state index in [2.05, 4.69) is 10.3 Å². The molecule has 2 heterocycles. The molecular formula is C10H14N4O5S. The molecule has 0 spiro atoms. The van der Waals surface area contributed by atoms with Crippen molar-refractivity contribution in [3.63, 3.8) is 0 Å². The highest BCUT2D eigenvalue weighted by Gasteiger charge is 2.33. The normalized spacial score (nSPS) is 15.9. The minimum atomic E-state index is -3.15. The van der Waals surface area contributed by atoms with E-state index in [9.17, 15) is 18.0 Å². The summed E-state index contributed by atoms with van der Waals surface area (Å²) in [6.07, 6.45) is 2.36. The molecule has 1 aromatic heterocycles. The first kappa shape index (κ1) is 14.4. The molecule has 0 saturated carbocycles. The largest absolute Gasteiger partial charge is 0.476 e. The third kappa shape index (κ3) is 3.32. The minimum absolute atomic E-state index is 0.0384. The maximum Gasteiger partial charge on any atom is 0.358 e. The summed E-state index contributed by atoms with van der Waals surface area (Å²) in [6, 6.07) is -0.113. The van der Waals surface area contributed by atoms with Gasteiger partial charge in [0.05, 0.1) is 18.0 Å². The van der Waals surface area contributed by atoms with E-state index in [1.807, 2.05) is 0 Å². The molecule has 110 valence electrons. The Bertz CT molecular complexity index is 632. The number of hydrogen-bond donors (Lipinski definition) is 1. The molecule has 1 aliphatic rings. The Balaban J connectivity index is 1.84. The maximum atomic E-state index is 11.7. The first-order valence-electron chi connectivity index (χ1n) is 5.87. The Morgan fingerprint density at radius 1 is 1.45 bits per heavy atom. The summed E-state index contributed by atoms with van der Waals surface area (Å²) in [7, 11) is -3.15. The van der Waals surface area contributed by atoms with Crippen LogP contribution in [0, 0.1) is 0 Å². The van der Waals surface area contributed by atoms with Gasteiger partial charge in [0.25, 0.3) is 0 Å². The van der Waals surface area contributed by atoms with Gasteiger partial charge in [-0.2, -0.15) is 0 Å². The van der Waals surface area contributed by atoms with Crippen molar-refractivity contribution in [1.82, 2.24) is 19.9 Å². The Morgan fingerprint density at radius 3 is 2.60 bits per heavy atom. The quantitative estimate of drug-likeness (QED) is 0.724. The third-order valence-electron chi connectivity index (χ3n) is 3.01. The zero-order chi connectivity index (χ0) is 14.9. The average Bonchev–Trinajstić information content (AvgIpc) is 2.72. The number of likely N-dealkylation sites (tertiary alicyclic amines) is 1. The summed E-state index contributed by atoms with van der Waals surface area (Å²) in [5.41, 5.74) is -0.146. The van der Waals surface area contributed by atoms with Crippen LogP contribution >= 0.6 is 0 Å². The second kappa shape index (κ2) is 5.19. The number of amides is 1. The highest BCUT2D eigenvalue weighted by Crippen LogP contribution is 2.21. The molecule has 2 rings (SSSR count). The van der Waals surface area contributed by atoms with E-state index in [-0.39, 0.29) is 29.8 Å². The SMILES string of the molecule is CS(=O)(=O)CCC(=O)N1CC(n2cc(C(=O)O)nn2)C1. The Labute approximate surface area is 115 Å². The summed E-state index contributed by atoms with van der Waals surface area (Å²) in [6.45, 7) is 0.760. The highest BCUT2D eigenvalue weighted by molar-refractivity contribution is 7.90. The van der Waals surface area contributed by atoms with Crippen molar-refractivity contribution in [2.45, 2.75) is 12.5 Å². The lowest BCUT2D eigenvalue weighted by molar-refractivity contribution is -0.136. The van der Waals surface area contributed by atoms with Gasteiger partial charge in [-0.25, -0.2) is 17.9 Å². The van der Waals surface area contributed by atoms with Gasteiger partial charge < -0.3 is 10.0 Å². The molecule has 1 amide bonds. The summed E-state index contributed by atoms with van der Waals surface area (Å²) in [5.74, 6) is -1.55. The van der Waals surface area contributed by atoms with Gasteiger partial charge in [-0.15, -0.1) is 5.10 Å². The molecule has 1 aromatic rings. The van der Waals surface area contributed by atoms with Crippen molar-refractivity contribution in [2.24, 2.45) is 0 Å². The second-order valence-electron chi connectivity index (χ2n) is 4.72. The van der Waals surface area contributed by atoms with E-state index >= 15 is 0 Å². The predicted octanol–water partition coefficient (Wildman–Crippen LogP) is -1.21. The molecule has 0 bridgehead atoms. The van der Waals surface area contributed by atoms with Crippen LogP contribution in [0.15, 0.2) is 6.20 Å². The number of aromatic carboxylic acids is 1. The molecule has 0 radical (unpaired) electrons. The molecule has 0 aromatic carbocycles. The average molecular weight is 302 g/mol. The zero-order valence-electron chi connectivity index (χ0n) is 10.8. The number of rotatable bonds is 5.